The minimum atomic E-state index is -1.79. The standard InChI is InChI=1S/C93H129N21O19S2/c1-9-11-24-72-86(127)104-64(23-17-33-99-93(96)97)84(125)109-70(83(124)101-46-79(95)120)49-134-50-80(121)103-67(37-54-29-31-60(116)32-30-54)89(130)110(6)53(5)81(122)105-65(43-78(94)119)75(117)42-56(39-59-45-98-51-102-59)88(129)114-35-19-27-73(114)87(128)107-66(36-52(3)4)91(132)113-34-18-26-71(113)76(118)41-55(38-57-44-100-63-22-15-13-20-61(57)63)82(123)108-69(47-115)85(126)106-68(40-58-48-135-77-28-16-14-21-62(58)77)90(131)112(8)74(25-12-10-2)92(133)111(72)7/h13-16,20-22,28-32,44-45,48,51-53,55-56,64-74,100,115-116H,9-12,17-19,23-27,33-43,46-47,49-50H2,1-8H3,(H2,94,119)(H2,95,120)(H,98,102)(H,101,124)(H,103,121)(H,104,127)(H,105,122)(H,106,126)(H,107,128)(H,108,123)(H,109,125)(H4,96,97,99)/t53-,55+,56+,64-,65-,66-,67-,68-,69-,70-,71-,72-,73-,74-/m0/s1. The number of carbonyl (C=O) groups excluding carboxylic acids is 17. The van der Waals surface area contributed by atoms with Crippen molar-refractivity contribution in [3.8, 4) is 5.75 Å². The Morgan fingerprint density at radius 3 is 1.84 bits per heavy atom. The number of nitrogens with two attached hydrogens (primary N) is 3. The van der Waals surface area contributed by atoms with Crippen LogP contribution in [-0.2, 0) is 107 Å². The quantitative estimate of drug-likeness (QED) is 0.0205. The van der Waals surface area contributed by atoms with E-state index in [-0.39, 0.29) is 102 Å². The second-order valence-corrected chi connectivity index (χ2v) is 37.2. The molecular formula is C93H129N21O19S2. The third kappa shape index (κ3) is 29.8. The van der Waals surface area contributed by atoms with Crippen molar-refractivity contribution in [2.75, 3.05) is 65.4 Å². The number of unbranched alkanes of at least 4 members (excludes halogenated alkanes) is 2. The number of H-pyrrole nitrogens is 2. The maximum atomic E-state index is 15.8. The maximum absolute atomic E-state index is 15.8. The number of thioether (sulfide) groups is 1. The average molecular weight is 1910 g/mol. The lowest BCUT2D eigenvalue weighted by molar-refractivity contribution is -0.149. The van der Waals surface area contributed by atoms with Gasteiger partial charge in [-0.2, -0.15) is 0 Å². The minimum Gasteiger partial charge on any atom is -0.508 e. The third-order valence-electron chi connectivity index (χ3n) is 24.8. The molecule has 9 rings (SSSR count). The molecule has 3 fully saturated rings. The zero-order valence-corrected chi connectivity index (χ0v) is 79.2. The molecule has 3 aliphatic heterocycles. The zero-order valence-electron chi connectivity index (χ0n) is 77.6. The highest BCUT2D eigenvalue weighted by atomic mass is 32.2. The molecule has 42 heteroatoms. The summed E-state index contributed by atoms with van der Waals surface area (Å²) >= 11 is 2.14. The van der Waals surface area contributed by atoms with Gasteiger partial charge in [0.15, 0.2) is 17.5 Å². The number of nitrogens with zero attached hydrogens (tertiary/aromatic N) is 6. The SMILES string of the molecule is CCCC[C@H]1C(=O)N(C)[C@@H](CCCC)C(=O)N[C@@H](CCCNC(=N)N)C(=O)N[C@H](C(=O)NCC(N)=O)CSCC(=O)N[C@@H](Cc2ccc(O)cc2)C(=O)N(C)[C@@H](C)C(=O)N[C@@H](CC(N)=O)C(=O)C[C@@H](Cc2cnc[nH]2)C(=O)N2CCC[C@H]2C(=O)N[C@@H](CC(C)C)C(=O)N2CCC[C@H]2C(=O)C[C@@H](Cc2c[nH]c3ccccc23)C(=O)N[C@@H](CO)C(=O)N[C@@H](Cc2csc3ccccc23)C(=O)N1C. The van der Waals surface area contributed by atoms with E-state index in [4.69, 9.17) is 22.6 Å². The van der Waals surface area contributed by atoms with Gasteiger partial charge in [-0.1, -0.05) is 102 Å². The predicted molar refractivity (Wildman–Crippen MR) is 504 cm³/mol. The Morgan fingerprint density at radius 2 is 1.18 bits per heavy atom. The van der Waals surface area contributed by atoms with Gasteiger partial charge in [0.25, 0.3) is 0 Å². The van der Waals surface area contributed by atoms with Gasteiger partial charge >= 0.3 is 0 Å². The lowest BCUT2D eigenvalue weighted by Gasteiger charge is -2.36. The molecule has 6 aromatic rings. The topological polar surface area (TPSA) is 602 Å². The number of hydrogen-bond acceptors (Lipinski definition) is 23. The first-order valence-electron chi connectivity index (χ1n) is 45.8. The van der Waals surface area contributed by atoms with Gasteiger partial charge in [-0.25, -0.2) is 4.98 Å². The zero-order chi connectivity index (χ0) is 98.4. The summed E-state index contributed by atoms with van der Waals surface area (Å²) in [7, 11) is 3.98. The number of amides is 15. The molecule has 3 aromatic carbocycles. The first-order valence-corrected chi connectivity index (χ1v) is 47.9. The summed E-state index contributed by atoms with van der Waals surface area (Å²) in [6.07, 6.45) is 4.24. The fraction of sp³-hybridized carbons (Fsp3) is 0.538. The number of carbonyl (C=O) groups is 17. The van der Waals surface area contributed by atoms with Crippen molar-refractivity contribution in [3.63, 3.8) is 0 Å². The van der Waals surface area contributed by atoms with Crippen LogP contribution in [0.4, 0.5) is 0 Å². The van der Waals surface area contributed by atoms with Gasteiger partial charge in [0.05, 0.1) is 49.7 Å². The Bertz CT molecular complexity index is 5200. The van der Waals surface area contributed by atoms with Crippen LogP contribution in [0.2, 0.25) is 0 Å². The number of aliphatic hydroxyl groups is 1. The summed E-state index contributed by atoms with van der Waals surface area (Å²) in [5.41, 5.74) is 19.5. The van der Waals surface area contributed by atoms with Crippen molar-refractivity contribution in [2.24, 2.45) is 35.0 Å². The van der Waals surface area contributed by atoms with Crippen LogP contribution in [0.25, 0.3) is 21.0 Å². The van der Waals surface area contributed by atoms with E-state index >= 15 is 43.2 Å². The van der Waals surface area contributed by atoms with Crippen molar-refractivity contribution in [3.05, 3.63) is 119 Å². The normalized spacial score (nSPS) is 24.3. The molecule has 0 aliphatic carbocycles. The van der Waals surface area contributed by atoms with Gasteiger partial charge in [0.1, 0.15) is 66.2 Å². The molecule has 0 saturated carbocycles. The molecule has 732 valence electrons. The largest absolute Gasteiger partial charge is 0.508 e. The Hall–Kier alpha value is -12.9. The lowest BCUT2D eigenvalue weighted by Crippen LogP contribution is -2.61. The first-order chi connectivity index (χ1) is 64.4. The summed E-state index contributed by atoms with van der Waals surface area (Å²) in [6.45, 7) is 6.99. The van der Waals surface area contributed by atoms with Crippen LogP contribution in [0.15, 0.2) is 96.9 Å². The number of para-hydroxylation sites is 1. The van der Waals surface area contributed by atoms with E-state index < -0.39 is 234 Å². The van der Waals surface area contributed by atoms with Crippen LogP contribution in [0.1, 0.15) is 160 Å². The highest BCUT2D eigenvalue weighted by molar-refractivity contribution is 8.00. The Labute approximate surface area is 791 Å². The Balaban J connectivity index is 1.10. The monoisotopic (exact) mass is 1910 g/mol. The number of guanidine groups is 1. The third-order valence-corrected chi connectivity index (χ3v) is 26.8. The maximum Gasteiger partial charge on any atom is 0.245 e. The van der Waals surface area contributed by atoms with Crippen LogP contribution >= 0.6 is 23.1 Å². The van der Waals surface area contributed by atoms with E-state index in [0.717, 1.165) is 26.7 Å². The van der Waals surface area contributed by atoms with Crippen molar-refractivity contribution in [2.45, 2.75) is 236 Å². The van der Waals surface area contributed by atoms with Crippen LogP contribution in [-0.4, -0.2) is 294 Å². The van der Waals surface area contributed by atoms with Crippen molar-refractivity contribution < 1.29 is 91.7 Å². The molecule has 0 radical (unpaired) electrons. The van der Waals surface area contributed by atoms with E-state index in [0.29, 0.717) is 71.8 Å². The van der Waals surface area contributed by atoms with Crippen LogP contribution in [0.5, 0.6) is 5.75 Å². The number of aromatic hydroxyl groups is 1. The molecule has 20 N–H and O–H groups in total. The molecule has 3 aliphatic rings. The number of likely N-dealkylation sites (N-methyl/N-ethyl adjacent to an activating group) is 3. The van der Waals surface area contributed by atoms with E-state index in [9.17, 15) is 48.6 Å². The van der Waals surface area contributed by atoms with E-state index in [1.807, 2.05) is 63.4 Å². The van der Waals surface area contributed by atoms with E-state index in [2.05, 4.69) is 62.8 Å². The molecule has 3 aromatic heterocycles. The summed E-state index contributed by atoms with van der Waals surface area (Å²) in [6, 6.07) is 2.65. The summed E-state index contributed by atoms with van der Waals surface area (Å²) in [5.74, 6) is -18.8. The number of fused-ring (bicyclic) bond motifs is 4. The number of Topliss-reactive ketones (excluding diaryl/α,β-unsaturated/α-hetero) is 2. The van der Waals surface area contributed by atoms with Crippen LogP contribution in [0, 0.1) is 23.2 Å². The highest BCUT2D eigenvalue weighted by Crippen LogP contribution is 2.32. The van der Waals surface area contributed by atoms with E-state index in [1.54, 1.807) is 24.4 Å². The fourth-order valence-electron chi connectivity index (χ4n) is 17.2. The molecule has 40 nitrogen and oxygen atoms in total. The number of aliphatic hydroxyl groups excluding tert-OH is 1. The summed E-state index contributed by atoms with van der Waals surface area (Å²) in [5, 5.41) is 56.6. The molecule has 0 bridgehead atoms. The first kappa shape index (κ1) is 106. The average Bonchev–Trinajstić information content (AvgIpc) is 1.78. The molecule has 3 saturated heterocycles. The van der Waals surface area contributed by atoms with Gasteiger partial charge < -0.3 is 110 Å². The number of thiophene rings is 1. The number of phenols is 1. The summed E-state index contributed by atoms with van der Waals surface area (Å²) < 4.78 is 0.836. The van der Waals surface area contributed by atoms with Crippen molar-refractivity contribution in [1.82, 2.24) is 87.3 Å². The van der Waals surface area contributed by atoms with Gasteiger partial charge in [-0.05, 0) is 129 Å². The number of ketones is 2. The second-order valence-electron chi connectivity index (χ2n) is 35.3. The van der Waals surface area contributed by atoms with Crippen LogP contribution < -0.4 is 65.1 Å². The molecule has 0 unspecified atom stereocenters. The number of imidazole rings is 1. The number of nitrogens with one attached hydrogen (secondary N) is 12. The van der Waals surface area contributed by atoms with Gasteiger partial charge in [-0.15, -0.1) is 23.1 Å². The molecular weight excluding hydrogens is 1780 g/mol. The molecule has 14 atom stereocenters. The molecule has 135 heavy (non-hydrogen) atoms. The number of hydrogen-bond donors (Lipinski definition) is 17. The number of rotatable bonds is 26. The number of primary amides is 2. The fourth-order valence-corrected chi connectivity index (χ4v) is 19.1. The number of aromatic nitrogens is 3. The summed E-state index contributed by atoms with van der Waals surface area (Å²) in [4.78, 5) is 267. The Morgan fingerprint density at radius 1 is 0.570 bits per heavy atom. The highest BCUT2D eigenvalue weighted by Gasteiger charge is 2.46. The van der Waals surface area contributed by atoms with Crippen LogP contribution in [0.3, 0.4) is 0 Å². The van der Waals surface area contributed by atoms with Gasteiger partial charge in [0, 0.05) is 118 Å². The van der Waals surface area contributed by atoms with Gasteiger partial charge in [-0.3, -0.25) is 86.9 Å². The predicted octanol–water partition coefficient (Wildman–Crippen LogP) is 1.01. The molecule has 0 spiro atoms. The van der Waals surface area contributed by atoms with Gasteiger partial charge in [0.2, 0.25) is 88.6 Å². The minimum absolute atomic E-state index is 0.000394. The second kappa shape index (κ2) is 51.0. The number of phenolic OH excluding ortho intramolecular Hbond substituents is 1. The van der Waals surface area contributed by atoms with Crippen molar-refractivity contribution in [1.29, 1.82) is 5.41 Å². The number of benzene rings is 3. The number of aromatic amines is 2. The molecule has 15 amide bonds. The smallest absolute Gasteiger partial charge is 0.245 e. The van der Waals surface area contributed by atoms with E-state index in [1.165, 1.54) is 95.8 Å². The lowest BCUT2D eigenvalue weighted by atomic mass is 9.90. The van der Waals surface area contributed by atoms with Crippen molar-refractivity contribution >= 4 is 150 Å². The molecule has 6 heterocycles. The Kier molecular flexibility index (Phi) is 40.0.